The van der Waals surface area contributed by atoms with Crippen molar-refractivity contribution in [3.8, 4) is 0 Å². The summed E-state index contributed by atoms with van der Waals surface area (Å²) >= 11 is 3.70. The maximum Gasteiger partial charge on any atom is 0.0707 e. The summed E-state index contributed by atoms with van der Waals surface area (Å²) < 4.78 is 0. The van der Waals surface area contributed by atoms with E-state index in [4.69, 9.17) is 0 Å². The molecule has 0 aromatic heterocycles. The molecule has 102 valence electrons. The summed E-state index contributed by atoms with van der Waals surface area (Å²) in [5, 5.41) is 20.7. The largest absolute Gasteiger partial charge is 0.392 e. The van der Waals surface area contributed by atoms with E-state index in [9.17, 15) is 10.2 Å². The molecule has 3 heteroatoms. The smallest absolute Gasteiger partial charge is 0.0707 e. The molecule has 1 spiro atoms. The van der Waals surface area contributed by atoms with Gasteiger partial charge in [0.05, 0.1) is 12.2 Å². The van der Waals surface area contributed by atoms with E-state index in [1.54, 1.807) is 0 Å². The highest BCUT2D eigenvalue weighted by molar-refractivity contribution is 9.09. The van der Waals surface area contributed by atoms with Gasteiger partial charge in [-0.2, -0.15) is 0 Å². The lowest BCUT2D eigenvalue weighted by Gasteiger charge is -2.64. The lowest BCUT2D eigenvalue weighted by Crippen LogP contribution is -2.61. The summed E-state index contributed by atoms with van der Waals surface area (Å²) in [5.41, 5.74) is 1.40. The van der Waals surface area contributed by atoms with Crippen LogP contribution in [0.15, 0.2) is 11.6 Å². The average molecular weight is 315 g/mol. The number of hydrogen-bond acceptors (Lipinski definition) is 2. The third-order valence-corrected chi connectivity index (χ3v) is 7.96. The van der Waals surface area contributed by atoms with Gasteiger partial charge in [0.25, 0.3) is 0 Å². The fourth-order valence-corrected chi connectivity index (χ4v) is 5.26. The van der Waals surface area contributed by atoms with Crippen LogP contribution in [0.5, 0.6) is 0 Å². The summed E-state index contributed by atoms with van der Waals surface area (Å²) in [6.45, 7) is 6.64. The van der Waals surface area contributed by atoms with E-state index in [1.807, 2.05) is 0 Å². The van der Waals surface area contributed by atoms with Crippen LogP contribution in [-0.2, 0) is 0 Å². The van der Waals surface area contributed by atoms with Gasteiger partial charge in [-0.05, 0) is 31.1 Å². The molecule has 0 aliphatic heterocycles. The number of hydrogen-bond donors (Lipinski definition) is 2. The molecule has 0 aromatic rings. The van der Waals surface area contributed by atoms with Gasteiger partial charge in [-0.25, -0.2) is 0 Å². The number of alkyl halides is 1. The molecule has 2 bridgehead atoms. The normalized spacial score (nSPS) is 53.9. The van der Waals surface area contributed by atoms with Crippen molar-refractivity contribution in [2.45, 2.75) is 63.5 Å². The van der Waals surface area contributed by atoms with Crippen molar-refractivity contribution in [1.82, 2.24) is 0 Å². The highest BCUT2D eigenvalue weighted by Gasteiger charge is 2.62. The Labute approximate surface area is 118 Å². The molecule has 0 heterocycles. The lowest BCUT2D eigenvalue weighted by atomic mass is 9.43. The van der Waals surface area contributed by atoms with Crippen molar-refractivity contribution in [2.24, 2.45) is 16.2 Å². The van der Waals surface area contributed by atoms with Crippen molar-refractivity contribution in [1.29, 1.82) is 0 Å². The monoisotopic (exact) mass is 314 g/mol. The minimum absolute atomic E-state index is 0.0147. The molecule has 0 aromatic carbocycles. The first-order chi connectivity index (χ1) is 8.23. The summed E-state index contributed by atoms with van der Waals surface area (Å²) in [4.78, 5) is 0.108. The van der Waals surface area contributed by atoms with Gasteiger partial charge in [-0.3, -0.25) is 0 Å². The number of fused-ring (bicyclic) bond motifs is 2. The van der Waals surface area contributed by atoms with Crippen LogP contribution in [0.2, 0.25) is 0 Å². The molecule has 0 radical (unpaired) electrons. The summed E-state index contributed by atoms with van der Waals surface area (Å²) in [6.07, 6.45) is 5.58. The summed E-state index contributed by atoms with van der Waals surface area (Å²) in [7, 11) is 0. The second-order valence-electron chi connectivity index (χ2n) is 7.37. The highest BCUT2D eigenvalue weighted by atomic mass is 79.9. The maximum atomic E-state index is 10.5. The van der Waals surface area contributed by atoms with Crippen LogP contribution in [0.1, 0.15) is 46.5 Å². The Morgan fingerprint density at radius 2 is 1.89 bits per heavy atom. The molecular weight excluding hydrogens is 292 g/mol. The van der Waals surface area contributed by atoms with Crippen molar-refractivity contribution in [3.63, 3.8) is 0 Å². The molecule has 4 aliphatic carbocycles. The molecule has 2 fully saturated rings. The third-order valence-electron chi connectivity index (χ3n) is 6.20. The van der Waals surface area contributed by atoms with Crippen molar-refractivity contribution in [2.75, 3.05) is 0 Å². The Kier molecular flexibility index (Phi) is 2.64. The third kappa shape index (κ3) is 1.36. The molecule has 5 atom stereocenters. The van der Waals surface area contributed by atoms with Gasteiger partial charge in [-0.1, -0.05) is 48.4 Å². The maximum absolute atomic E-state index is 10.5. The van der Waals surface area contributed by atoms with Crippen LogP contribution in [0.3, 0.4) is 0 Å². The Balaban J connectivity index is 2.15. The van der Waals surface area contributed by atoms with Gasteiger partial charge < -0.3 is 10.2 Å². The zero-order chi connectivity index (χ0) is 13.3. The van der Waals surface area contributed by atoms with Crippen LogP contribution in [0, 0.1) is 16.2 Å². The second kappa shape index (κ2) is 3.62. The van der Waals surface area contributed by atoms with Gasteiger partial charge >= 0.3 is 0 Å². The standard InChI is InChI=1S/C15H23BrO2/c1-13(2)12(16)10(17)6-9-7-14(3)4-5-15(9,13)8-11(14)18/h7,10-12,17-18H,4-6,8H2,1-3H3/t10-,11-,12-,14-,15+/m0/s1. The zero-order valence-electron chi connectivity index (χ0n) is 11.4. The zero-order valence-corrected chi connectivity index (χ0v) is 13.0. The van der Waals surface area contributed by atoms with Gasteiger partial charge in [0, 0.05) is 15.7 Å². The van der Waals surface area contributed by atoms with Crippen molar-refractivity contribution in [3.05, 3.63) is 11.6 Å². The first-order valence-corrected chi connectivity index (χ1v) is 7.87. The van der Waals surface area contributed by atoms with E-state index < -0.39 is 0 Å². The van der Waals surface area contributed by atoms with E-state index in [1.165, 1.54) is 5.57 Å². The molecule has 2 N–H and O–H groups in total. The van der Waals surface area contributed by atoms with E-state index in [2.05, 4.69) is 42.8 Å². The van der Waals surface area contributed by atoms with E-state index in [-0.39, 0.29) is 33.3 Å². The van der Waals surface area contributed by atoms with Crippen LogP contribution in [0.4, 0.5) is 0 Å². The van der Waals surface area contributed by atoms with E-state index in [0.29, 0.717) is 0 Å². The van der Waals surface area contributed by atoms with Gasteiger partial charge in [-0.15, -0.1) is 0 Å². The highest BCUT2D eigenvalue weighted by Crippen LogP contribution is 2.67. The minimum atomic E-state index is -0.308. The van der Waals surface area contributed by atoms with Crippen LogP contribution in [-0.4, -0.2) is 27.2 Å². The van der Waals surface area contributed by atoms with Gasteiger partial charge in [0.1, 0.15) is 0 Å². The number of aliphatic hydroxyl groups is 2. The predicted octanol–water partition coefficient (Wildman–Crippen LogP) is 3.02. The first kappa shape index (κ1) is 13.1. The Hall–Kier alpha value is 0.140. The molecule has 0 unspecified atom stereocenters. The molecule has 2 saturated carbocycles. The second-order valence-corrected chi connectivity index (χ2v) is 8.36. The van der Waals surface area contributed by atoms with Crippen LogP contribution < -0.4 is 0 Å². The molecule has 4 rings (SSSR count). The van der Waals surface area contributed by atoms with Crippen molar-refractivity contribution >= 4 is 15.9 Å². The van der Waals surface area contributed by atoms with E-state index >= 15 is 0 Å². The predicted molar refractivity (Wildman–Crippen MR) is 75.6 cm³/mol. The number of halogens is 1. The first-order valence-electron chi connectivity index (χ1n) is 6.95. The molecular formula is C15H23BrO2. The Bertz CT molecular complexity index is 417. The summed E-state index contributed by atoms with van der Waals surface area (Å²) in [5.74, 6) is 0. The molecule has 0 saturated heterocycles. The number of aliphatic hydroxyl groups excluding tert-OH is 2. The van der Waals surface area contributed by atoms with Crippen LogP contribution in [0.25, 0.3) is 0 Å². The quantitative estimate of drug-likeness (QED) is 0.533. The lowest BCUT2D eigenvalue weighted by molar-refractivity contribution is -0.105. The summed E-state index contributed by atoms with van der Waals surface area (Å²) in [6, 6.07) is 0. The molecule has 18 heavy (non-hydrogen) atoms. The average Bonchev–Trinajstić information content (AvgIpc) is 2.28. The molecule has 2 nitrogen and oxygen atoms in total. The fourth-order valence-electron chi connectivity index (χ4n) is 4.64. The Morgan fingerprint density at radius 1 is 1.22 bits per heavy atom. The van der Waals surface area contributed by atoms with Gasteiger partial charge in [0.2, 0.25) is 0 Å². The number of rotatable bonds is 0. The molecule has 4 aliphatic rings. The fraction of sp³-hybridized carbons (Fsp3) is 0.867. The van der Waals surface area contributed by atoms with E-state index in [0.717, 1.165) is 25.7 Å². The van der Waals surface area contributed by atoms with Gasteiger partial charge in [0.15, 0.2) is 0 Å². The topological polar surface area (TPSA) is 40.5 Å². The van der Waals surface area contributed by atoms with Crippen molar-refractivity contribution < 1.29 is 10.2 Å². The molecule has 0 amide bonds. The SMILES string of the molecule is CC1(C)[C@@H](Br)[C@@H](O)CC2=C[C@]3(C)CC[C@@]21C[C@@H]3O. The Morgan fingerprint density at radius 3 is 2.50 bits per heavy atom. The minimum Gasteiger partial charge on any atom is -0.392 e. The van der Waals surface area contributed by atoms with Crippen LogP contribution >= 0.6 is 15.9 Å².